The van der Waals surface area contributed by atoms with Gasteiger partial charge in [0.15, 0.2) is 0 Å². The van der Waals surface area contributed by atoms with Crippen molar-refractivity contribution in [3.05, 3.63) is 0 Å². The topological polar surface area (TPSA) is 23.5 Å². The monoisotopic (exact) mass is 163 g/mol. The fourth-order valence-electron chi connectivity index (χ4n) is 1.46. The Bertz CT molecular complexity index is 110. The molecular formula is C7H14ClNO. The number of hydrogen-bond donors (Lipinski definition) is 1. The normalized spacial score (nSPS) is 35.1. The molecule has 0 aromatic rings. The first-order valence-electron chi connectivity index (χ1n) is 3.82. The Morgan fingerprint density at radius 2 is 2.30 bits per heavy atom. The van der Waals surface area contributed by atoms with Gasteiger partial charge in [0, 0.05) is 19.0 Å². The van der Waals surface area contributed by atoms with Crippen LogP contribution < -0.4 is 0 Å². The van der Waals surface area contributed by atoms with E-state index >= 15 is 0 Å². The summed E-state index contributed by atoms with van der Waals surface area (Å²) < 4.78 is 1.67. The standard InChI is InChI=1S/C7H14ClNO/c1-2-3-6-4-9(8)5-7(6)10/h6-7,10H,2-5H2,1H3/t6-,7+/m0/s1. The van der Waals surface area contributed by atoms with Gasteiger partial charge < -0.3 is 5.11 Å². The number of aliphatic hydroxyl groups is 1. The van der Waals surface area contributed by atoms with Crippen molar-refractivity contribution in [2.45, 2.75) is 25.9 Å². The molecule has 2 atom stereocenters. The van der Waals surface area contributed by atoms with Gasteiger partial charge in [-0.3, -0.25) is 0 Å². The van der Waals surface area contributed by atoms with Crippen molar-refractivity contribution in [2.24, 2.45) is 5.92 Å². The number of hydrogen-bond acceptors (Lipinski definition) is 2. The van der Waals surface area contributed by atoms with E-state index in [0.29, 0.717) is 12.5 Å². The van der Waals surface area contributed by atoms with Gasteiger partial charge in [0.25, 0.3) is 0 Å². The molecule has 1 aliphatic heterocycles. The highest BCUT2D eigenvalue weighted by Crippen LogP contribution is 2.22. The van der Waals surface area contributed by atoms with E-state index in [4.69, 9.17) is 11.8 Å². The molecule has 1 N–H and O–H groups in total. The van der Waals surface area contributed by atoms with Crippen molar-refractivity contribution in [1.82, 2.24) is 4.42 Å². The molecule has 0 saturated carbocycles. The lowest BCUT2D eigenvalue weighted by molar-refractivity contribution is 0.141. The van der Waals surface area contributed by atoms with Crippen LogP contribution in [0.15, 0.2) is 0 Å². The lowest BCUT2D eigenvalue weighted by Crippen LogP contribution is -2.17. The third kappa shape index (κ3) is 1.84. The third-order valence-corrected chi connectivity index (χ3v) is 2.30. The highest BCUT2D eigenvalue weighted by Gasteiger charge is 2.29. The van der Waals surface area contributed by atoms with Gasteiger partial charge >= 0.3 is 0 Å². The van der Waals surface area contributed by atoms with Crippen LogP contribution in [0.1, 0.15) is 19.8 Å². The average Bonchev–Trinajstić information content (AvgIpc) is 2.13. The summed E-state index contributed by atoms with van der Waals surface area (Å²) in [4.78, 5) is 0. The smallest absolute Gasteiger partial charge is 0.0721 e. The van der Waals surface area contributed by atoms with Gasteiger partial charge in [-0.2, -0.15) is 0 Å². The zero-order valence-electron chi connectivity index (χ0n) is 6.26. The Morgan fingerprint density at radius 3 is 2.70 bits per heavy atom. The van der Waals surface area contributed by atoms with Crippen LogP contribution in [0.5, 0.6) is 0 Å². The predicted molar refractivity (Wildman–Crippen MR) is 41.8 cm³/mol. The Kier molecular flexibility index (Phi) is 2.96. The van der Waals surface area contributed by atoms with E-state index in [9.17, 15) is 5.11 Å². The number of aliphatic hydroxyl groups excluding tert-OH is 1. The van der Waals surface area contributed by atoms with Gasteiger partial charge in [-0.15, -0.1) is 0 Å². The van der Waals surface area contributed by atoms with Crippen molar-refractivity contribution >= 4 is 11.8 Å². The van der Waals surface area contributed by atoms with Crippen LogP contribution in [0.2, 0.25) is 0 Å². The second-order valence-electron chi connectivity index (χ2n) is 2.94. The molecule has 1 heterocycles. The SMILES string of the molecule is CCC[C@H]1CN(Cl)C[C@H]1O. The highest BCUT2D eigenvalue weighted by atomic mass is 35.5. The maximum atomic E-state index is 9.36. The van der Waals surface area contributed by atoms with Crippen LogP contribution in [-0.2, 0) is 0 Å². The molecule has 0 unspecified atom stereocenters. The van der Waals surface area contributed by atoms with E-state index in [1.54, 1.807) is 4.42 Å². The molecule has 1 rings (SSSR count). The zero-order valence-corrected chi connectivity index (χ0v) is 7.01. The molecule has 2 nitrogen and oxygen atoms in total. The molecular weight excluding hydrogens is 150 g/mol. The molecule has 60 valence electrons. The zero-order chi connectivity index (χ0) is 7.56. The summed E-state index contributed by atoms with van der Waals surface area (Å²) in [5.74, 6) is 0.405. The maximum absolute atomic E-state index is 9.36. The van der Waals surface area contributed by atoms with Crippen LogP contribution >= 0.6 is 11.8 Å². The molecule has 0 spiro atoms. The summed E-state index contributed by atoms with van der Waals surface area (Å²) >= 11 is 5.71. The minimum Gasteiger partial charge on any atom is -0.391 e. The van der Waals surface area contributed by atoms with Crippen LogP contribution in [0.3, 0.4) is 0 Å². The summed E-state index contributed by atoms with van der Waals surface area (Å²) in [7, 11) is 0. The van der Waals surface area contributed by atoms with Crippen LogP contribution in [0, 0.1) is 5.92 Å². The van der Waals surface area contributed by atoms with Crippen molar-refractivity contribution in [3.63, 3.8) is 0 Å². The lowest BCUT2D eigenvalue weighted by atomic mass is 10.0. The van der Waals surface area contributed by atoms with E-state index in [0.717, 1.165) is 19.4 Å². The number of β-amino-alcohol motifs (C(OH)–C–C–N with tert-alkyl or cyclic N) is 1. The first-order valence-corrected chi connectivity index (χ1v) is 4.16. The summed E-state index contributed by atoms with van der Waals surface area (Å²) in [6.45, 7) is 3.60. The van der Waals surface area contributed by atoms with Crippen molar-refractivity contribution in [3.8, 4) is 0 Å². The third-order valence-electron chi connectivity index (χ3n) is 2.02. The van der Waals surface area contributed by atoms with E-state index in [1.807, 2.05) is 0 Å². The van der Waals surface area contributed by atoms with E-state index in [2.05, 4.69) is 6.92 Å². The lowest BCUT2D eigenvalue weighted by Gasteiger charge is -2.09. The van der Waals surface area contributed by atoms with E-state index < -0.39 is 0 Å². The van der Waals surface area contributed by atoms with Crippen molar-refractivity contribution < 1.29 is 5.11 Å². The summed E-state index contributed by atoms with van der Waals surface area (Å²) in [5.41, 5.74) is 0. The Morgan fingerprint density at radius 1 is 1.60 bits per heavy atom. The van der Waals surface area contributed by atoms with Crippen LogP contribution in [0.4, 0.5) is 0 Å². The maximum Gasteiger partial charge on any atom is 0.0721 e. The molecule has 0 aromatic carbocycles. The molecule has 0 aromatic heterocycles. The summed E-state index contributed by atoms with van der Waals surface area (Å²) in [5, 5.41) is 9.36. The molecule has 1 fully saturated rings. The molecule has 10 heavy (non-hydrogen) atoms. The summed E-state index contributed by atoms with van der Waals surface area (Å²) in [6, 6.07) is 0. The molecule has 1 saturated heterocycles. The van der Waals surface area contributed by atoms with Gasteiger partial charge in [-0.25, -0.2) is 4.42 Å². The molecule has 3 heteroatoms. The number of halogens is 1. The van der Waals surface area contributed by atoms with Gasteiger partial charge in [0.2, 0.25) is 0 Å². The largest absolute Gasteiger partial charge is 0.391 e. The highest BCUT2D eigenvalue weighted by molar-refractivity contribution is 6.13. The average molecular weight is 164 g/mol. The first kappa shape index (κ1) is 8.31. The molecule has 0 bridgehead atoms. The van der Waals surface area contributed by atoms with E-state index in [-0.39, 0.29) is 6.10 Å². The molecule has 0 amide bonds. The Hall–Kier alpha value is 0.210. The van der Waals surface area contributed by atoms with E-state index in [1.165, 1.54) is 0 Å². The quantitative estimate of drug-likeness (QED) is 0.620. The predicted octanol–water partition coefficient (Wildman–Crippen LogP) is 1.23. The second kappa shape index (κ2) is 3.56. The Labute approximate surface area is 66.9 Å². The Balaban J connectivity index is 2.31. The molecule has 0 radical (unpaired) electrons. The van der Waals surface area contributed by atoms with Gasteiger partial charge in [-0.05, 0) is 18.2 Å². The molecule has 1 aliphatic rings. The van der Waals surface area contributed by atoms with Crippen molar-refractivity contribution in [1.29, 1.82) is 0 Å². The van der Waals surface area contributed by atoms with Crippen LogP contribution in [0.25, 0.3) is 0 Å². The minimum atomic E-state index is -0.197. The minimum absolute atomic E-state index is 0.197. The fraction of sp³-hybridized carbons (Fsp3) is 1.00. The number of rotatable bonds is 2. The second-order valence-corrected chi connectivity index (χ2v) is 3.42. The van der Waals surface area contributed by atoms with Gasteiger partial charge in [0.05, 0.1) is 6.10 Å². The number of nitrogens with zero attached hydrogens (tertiary/aromatic N) is 1. The summed E-state index contributed by atoms with van der Waals surface area (Å²) in [6.07, 6.45) is 2.02. The fourth-order valence-corrected chi connectivity index (χ4v) is 1.78. The van der Waals surface area contributed by atoms with Gasteiger partial charge in [-0.1, -0.05) is 13.3 Å². The van der Waals surface area contributed by atoms with Gasteiger partial charge in [0.1, 0.15) is 0 Å². The first-order chi connectivity index (χ1) is 4.74. The van der Waals surface area contributed by atoms with Crippen molar-refractivity contribution in [2.75, 3.05) is 13.1 Å². The molecule has 0 aliphatic carbocycles. The van der Waals surface area contributed by atoms with Crippen LogP contribution in [-0.4, -0.2) is 28.7 Å².